The van der Waals surface area contributed by atoms with Gasteiger partial charge in [0.25, 0.3) is 15.5 Å². The summed E-state index contributed by atoms with van der Waals surface area (Å²) in [5, 5.41) is 11.2. The van der Waals surface area contributed by atoms with Crippen molar-refractivity contribution in [2.45, 2.75) is 22.2 Å². The number of benzene rings is 2. The molecule has 0 aliphatic carbocycles. The van der Waals surface area contributed by atoms with Gasteiger partial charge in [0, 0.05) is 11.6 Å². The molecule has 1 atom stereocenters. The second-order valence-electron chi connectivity index (χ2n) is 5.88. The average molecular weight is 479 g/mol. The summed E-state index contributed by atoms with van der Waals surface area (Å²) in [4.78, 5) is 31.1. The third-order valence-electron chi connectivity index (χ3n) is 3.73. The molecule has 0 aromatic heterocycles. The SMILES string of the molecule is CC(=O)c1ccc(OC(=O)CS(=O)c2ccc(S(=O)(=O)C(F)(F)F)cc2[N+](=O)[O-])cc1. The van der Waals surface area contributed by atoms with E-state index in [1.54, 1.807) is 0 Å². The summed E-state index contributed by atoms with van der Waals surface area (Å²) < 4.78 is 78.1. The monoisotopic (exact) mass is 479 g/mol. The Morgan fingerprint density at radius 3 is 2.19 bits per heavy atom. The molecule has 0 aliphatic rings. The van der Waals surface area contributed by atoms with Gasteiger partial charge in [-0.2, -0.15) is 13.2 Å². The number of hydrogen-bond acceptors (Lipinski definition) is 8. The minimum atomic E-state index is -5.87. The summed E-state index contributed by atoms with van der Waals surface area (Å²) in [7, 11) is -8.30. The first-order valence-corrected chi connectivity index (χ1v) is 10.8. The quantitative estimate of drug-likeness (QED) is 0.194. The van der Waals surface area contributed by atoms with Crippen LogP contribution in [0.25, 0.3) is 0 Å². The van der Waals surface area contributed by atoms with Crippen LogP contribution in [-0.4, -0.2) is 40.6 Å². The number of nitro groups is 1. The van der Waals surface area contributed by atoms with E-state index < -0.39 is 58.3 Å². The molecular formula is C17H12F3NO8S2. The van der Waals surface area contributed by atoms with Crippen LogP contribution in [0.4, 0.5) is 18.9 Å². The van der Waals surface area contributed by atoms with Crippen molar-refractivity contribution < 1.29 is 45.0 Å². The Bertz CT molecular complexity index is 1170. The van der Waals surface area contributed by atoms with Crippen LogP contribution in [0, 0.1) is 10.1 Å². The van der Waals surface area contributed by atoms with E-state index in [0.717, 1.165) is 0 Å². The minimum Gasteiger partial charge on any atom is -0.426 e. The standard InChI is InChI=1S/C17H12F3NO8S2/c1-10(22)11-2-4-12(5-3-11)29-16(23)9-30(26)15-7-6-13(8-14(15)21(24)25)31(27,28)17(18,19)20/h2-8H,9H2,1H3. The molecular weight excluding hydrogens is 467 g/mol. The molecule has 14 heteroatoms. The summed E-state index contributed by atoms with van der Waals surface area (Å²) >= 11 is 0. The largest absolute Gasteiger partial charge is 0.501 e. The number of halogens is 3. The summed E-state index contributed by atoms with van der Waals surface area (Å²) in [5.41, 5.74) is -6.52. The smallest absolute Gasteiger partial charge is 0.426 e. The topological polar surface area (TPSA) is 138 Å². The predicted octanol–water partition coefficient (Wildman–Crippen LogP) is 2.80. The van der Waals surface area contributed by atoms with Gasteiger partial charge in [-0.3, -0.25) is 23.9 Å². The Hall–Kier alpha value is -3.13. The lowest BCUT2D eigenvalue weighted by Crippen LogP contribution is -2.23. The Kier molecular flexibility index (Phi) is 6.96. The molecule has 0 amide bonds. The van der Waals surface area contributed by atoms with Crippen LogP contribution >= 0.6 is 0 Å². The predicted molar refractivity (Wildman–Crippen MR) is 99.7 cm³/mol. The number of rotatable bonds is 7. The Morgan fingerprint density at radius 1 is 1.13 bits per heavy atom. The highest BCUT2D eigenvalue weighted by molar-refractivity contribution is 7.92. The highest BCUT2D eigenvalue weighted by Gasteiger charge is 2.47. The number of alkyl halides is 3. The molecule has 2 rings (SSSR count). The number of nitrogens with zero attached hydrogens (tertiary/aromatic N) is 1. The van der Waals surface area contributed by atoms with Gasteiger partial charge in [-0.1, -0.05) is 0 Å². The Balaban J connectivity index is 2.25. The Morgan fingerprint density at radius 2 is 1.71 bits per heavy atom. The van der Waals surface area contributed by atoms with E-state index in [1.165, 1.54) is 31.2 Å². The normalized spacial score (nSPS) is 12.8. The van der Waals surface area contributed by atoms with Crippen LogP contribution in [0.15, 0.2) is 52.3 Å². The molecule has 1 unspecified atom stereocenters. The van der Waals surface area contributed by atoms with Crippen molar-refractivity contribution in [3.05, 3.63) is 58.1 Å². The van der Waals surface area contributed by atoms with Gasteiger partial charge in [-0.15, -0.1) is 0 Å². The number of hydrogen-bond donors (Lipinski definition) is 0. The molecule has 0 N–H and O–H groups in total. The van der Waals surface area contributed by atoms with Crippen molar-refractivity contribution in [1.29, 1.82) is 0 Å². The highest BCUT2D eigenvalue weighted by atomic mass is 32.2. The molecule has 2 aromatic rings. The molecule has 0 saturated heterocycles. The van der Waals surface area contributed by atoms with E-state index in [4.69, 9.17) is 4.74 Å². The second kappa shape index (κ2) is 8.93. The molecule has 166 valence electrons. The van der Waals surface area contributed by atoms with E-state index >= 15 is 0 Å². The number of esters is 1. The molecule has 0 saturated carbocycles. The maximum absolute atomic E-state index is 12.7. The van der Waals surface area contributed by atoms with Crippen LogP contribution in [0.1, 0.15) is 17.3 Å². The lowest BCUT2D eigenvalue weighted by molar-refractivity contribution is -0.388. The third-order valence-corrected chi connectivity index (χ3v) is 6.55. The molecule has 0 aliphatic heterocycles. The van der Waals surface area contributed by atoms with E-state index in [1.807, 2.05) is 0 Å². The Labute approximate surface area is 175 Å². The number of Topliss-reactive ketones (excluding diaryl/α,β-unsaturated/α-hetero) is 1. The zero-order valence-corrected chi connectivity index (χ0v) is 17.0. The van der Waals surface area contributed by atoms with Gasteiger partial charge in [0.05, 0.1) is 20.6 Å². The minimum absolute atomic E-state index is 0.00637. The first-order chi connectivity index (χ1) is 14.2. The molecule has 0 radical (unpaired) electrons. The second-order valence-corrected chi connectivity index (χ2v) is 9.24. The van der Waals surface area contributed by atoms with Gasteiger partial charge in [0.2, 0.25) is 0 Å². The lowest BCUT2D eigenvalue weighted by atomic mass is 10.1. The highest BCUT2D eigenvalue weighted by Crippen LogP contribution is 2.34. The van der Waals surface area contributed by atoms with Crippen LogP contribution in [-0.2, 0) is 25.4 Å². The molecule has 2 aromatic carbocycles. The maximum Gasteiger partial charge on any atom is 0.501 e. The van der Waals surface area contributed by atoms with Crippen LogP contribution < -0.4 is 4.74 Å². The summed E-state index contributed by atoms with van der Waals surface area (Å²) in [5.74, 6) is -2.23. The first kappa shape index (κ1) is 24.1. The van der Waals surface area contributed by atoms with Gasteiger partial charge in [-0.25, -0.2) is 8.42 Å². The molecule has 0 spiro atoms. The van der Waals surface area contributed by atoms with Crippen LogP contribution in [0.3, 0.4) is 0 Å². The summed E-state index contributed by atoms with van der Waals surface area (Å²) in [6.07, 6.45) is 0. The number of carbonyl (C=O) groups is 2. The van der Waals surface area contributed by atoms with Crippen LogP contribution in [0.5, 0.6) is 5.75 Å². The molecule has 0 bridgehead atoms. The summed E-state index contributed by atoms with van der Waals surface area (Å²) in [6, 6.07) is 6.42. The van der Waals surface area contributed by atoms with Gasteiger partial charge in [-0.05, 0) is 43.3 Å². The third kappa shape index (κ3) is 5.52. The number of nitro benzene ring substituents is 1. The van der Waals surface area contributed by atoms with Gasteiger partial charge >= 0.3 is 11.5 Å². The van der Waals surface area contributed by atoms with E-state index in [0.29, 0.717) is 17.7 Å². The van der Waals surface area contributed by atoms with E-state index in [-0.39, 0.29) is 17.6 Å². The number of ether oxygens (including phenoxy) is 1. The van der Waals surface area contributed by atoms with Gasteiger partial charge in [0.15, 0.2) is 5.78 Å². The van der Waals surface area contributed by atoms with Crippen molar-refractivity contribution in [2.75, 3.05) is 5.75 Å². The first-order valence-electron chi connectivity index (χ1n) is 8.04. The number of carbonyl (C=O) groups excluding carboxylic acids is 2. The van der Waals surface area contributed by atoms with Crippen molar-refractivity contribution in [1.82, 2.24) is 0 Å². The fourth-order valence-corrected chi connectivity index (χ4v) is 4.03. The van der Waals surface area contributed by atoms with E-state index in [9.17, 15) is 45.5 Å². The molecule has 0 heterocycles. The molecule has 0 fully saturated rings. The van der Waals surface area contributed by atoms with Gasteiger partial charge in [0.1, 0.15) is 16.4 Å². The zero-order chi connectivity index (χ0) is 23.6. The molecule has 9 nitrogen and oxygen atoms in total. The fraction of sp³-hybridized carbons (Fsp3) is 0.176. The molecule has 31 heavy (non-hydrogen) atoms. The average Bonchev–Trinajstić information content (AvgIpc) is 2.66. The van der Waals surface area contributed by atoms with Crippen molar-refractivity contribution in [3.8, 4) is 5.75 Å². The van der Waals surface area contributed by atoms with Crippen molar-refractivity contribution >= 4 is 38.1 Å². The van der Waals surface area contributed by atoms with Crippen LogP contribution in [0.2, 0.25) is 0 Å². The zero-order valence-electron chi connectivity index (χ0n) is 15.4. The number of sulfone groups is 1. The van der Waals surface area contributed by atoms with Gasteiger partial charge < -0.3 is 4.74 Å². The lowest BCUT2D eigenvalue weighted by Gasteiger charge is -2.09. The summed E-state index contributed by atoms with van der Waals surface area (Å²) in [6.45, 7) is 1.32. The maximum atomic E-state index is 12.7. The van der Waals surface area contributed by atoms with Crippen molar-refractivity contribution in [2.24, 2.45) is 0 Å². The number of ketones is 1. The van der Waals surface area contributed by atoms with Crippen molar-refractivity contribution in [3.63, 3.8) is 0 Å². The fourth-order valence-electron chi connectivity index (χ4n) is 2.24. The van der Waals surface area contributed by atoms with E-state index in [2.05, 4.69) is 0 Å².